The highest BCUT2D eigenvalue weighted by Crippen LogP contribution is 2.41. The van der Waals surface area contributed by atoms with Gasteiger partial charge in [-0.3, -0.25) is 4.98 Å². The number of alkyl halides is 3. The molecule has 1 atom stereocenters. The number of nitrogens with zero attached hydrogens (tertiary/aromatic N) is 3. The summed E-state index contributed by atoms with van der Waals surface area (Å²) < 4.78 is 52.1. The Bertz CT molecular complexity index is 1230. The van der Waals surface area contributed by atoms with Crippen molar-refractivity contribution in [3.8, 4) is 17.0 Å². The normalized spacial score (nSPS) is 22.8. The lowest BCUT2D eigenvalue weighted by Crippen LogP contribution is -2.46. The minimum Gasteiger partial charge on any atom is -0.464 e. The molecule has 2 N–H and O–H groups in total. The van der Waals surface area contributed by atoms with Crippen molar-refractivity contribution in [3.05, 3.63) is 42.2 Å². The Balaban J connectivity index is 1.50. The number of hydrogen-bond donors (Lipinski definition) is 2. The number of fused-ring (bicyclic) bond motifs is 1. The molecular weight excluding hydrogens is 473 g/mol. The van der Waals surface area contributed by atoms with Crippen LogP contribution in [0.3, 0.4) is 0 Å². The Labute approximate surface area is 207 Å². The molecule has 1 aliphatic carbocycles. The zero-order chi connectivity index (χ0) is 25.5. The fourth-order valence-electron chi connectivity index (χ4n) is 4.75. The average Bonchev–Trinajstić information content (AvgIpc) is 2.80. The van der Waals surface area contributed by atoms with Crippen LogP contribution in [-0.2, 0) is 10.9 Å². The largest absolute Gasteiger partial charge is 0.464 e. The number of aromatic nitrogens is 3. The second kappa shape index (κ2) is 9.48. The molecule has 1 saturated heterocycles. The Kier molecular flexibility index (Phi) is 6.50. The van der Waals surface area contributed by atoms with E-state index in [0.717, 1.165) is 37.8 Å². The highest BCUT2D eigenvalue weighted by atomic mass is 19.4. The number of aliphatic hydroxyl groups is 1. The van der Waals surface area contributed by atoms with Gasteiger partial charge in [0, 0.05) is 41.2 Å². The lowest BCUT2D eigenvalue weighted by molar-refractivity contribution is -0.138. The van der Waals surface area contributed by atoms with E-state index < -0.39 is 23.6 Å². The molecule has 1 aliphatic heterocycles. The van der Waals surface area contributed by atoms with Gasteiger partial charge >= 0.3 is 6.18 Å². The van der Waals surface area contributed by atoms with E-state index >= 15 is 0 Å². The summed E-state index contributed by atoms with van der Waals surface area (Å²) in [7, 11) is 0. The monoisotopic (exact) mass is 502 g/mol. The van der Waals surface area contributed by atoms with E-state index in [2.05, 4.69) is 20.5 Å². The number of rotatable bonds is 6. The highest BCUT2D eigenvalue weighted by Gasteiger charge is 2.39. The Morgan fingerprint density at radius 2 is 1.89 bits per heavy atom. The van der Waals surface area contributed by atoms with Crippen LogP contribution in [-0.4, -0.2) is 44.8 Å². The van der Waals surface area contributed by atoms with Crippen LogP contribution in [0.25, 0.3) is 22.0 Å². The fourth-order valence-corrected chi connectivity index (χ4v) is 4.75. The molecule has 2 aromatic heterocycles. The molecule has 2 fully saturated rings. The maximum Gasteiger partial charge on any atom is 0.416 e. The first-order valence-corrected chi connectivity index (χ1v) is 12.2. The van der Waals surface area contributed by atoms with Gasteiger partial charge in [0.05, 0.1) is 17.8 Å². The van der Waals surface area contributed by atoms with Crippen LogP contribution in [0, 0.1) is 5.92 Å². The molecule has 192 valence electrons. The number of anilines is 1. The first-order valence-electron chi connectivity index (χ1n) is 12.2. The van der Waals surface area contributed by atoms with Crippen LogP contribution in [0.4, 0.5) is 19.0 Å². The van der Waals surface area contributed by atoms with Crippen molar-refractivity contribution in [2.75, 3.05) is 11.9 Å². The summed E-state index contributed by atoms with van der Waals surface area (Å²) in [4.78, 5) is 4.23. The van der Waals surface area contributed by atoms with Gasteiger partial charge in [0.1, 0.15) is 11.4 Å². The summed E-state index contributed by atoms with van der Waals surface area (Å²) in [6, 6.07) is 5.30. The van der Waals surface area contributed by atoms with Gasteiger partial charge in [0.25, 0.3) is 0 Å². The van der Waals surface area contributed by atoms with E-state index in [4.69, 9.17) is 9.47 Å². The van der Waals surface area contributed by atoms with Crippen molar-refractivity contribution < 1.29 is 27.8 Å². The van der Waals surface area contributed by atoms with Crippen LogP contribution < -0.4 is 10.1 Å². The van der Waals surface area contributed by atoms with Gasteiger partial charge in [-0.25, -0.2) is 0 Å². The van der Waals surface area contributed by atoms with Crippen molar-refractivity contribution in [1.29, 1.82) is 0 Å². The average molecular weight is 503 g/mol. The first-order chi connectivity index (χ1) is 17.1. The number of halogens is 3. The maximum absolute atomic E-state index is 13.5. The predicted molar refractivity (Wildman–Crippen MR) is 128 cm³/mol. The minimum absolute atomic E-state index is 0.0526. The van der Waals surface area contributed by atoms with E-state index in [-0.39, 0.29) is 17.7 Å². The molecule has 7 nitrogen and oxygen atoms in total. The number of nitrogens with one attached hydrogen (secondary N) is 1. The second-order valence-electron chi connectivity index (χ2n) is 10.1. The van der Waals surface area contributed by atoms with Gasteiger partial charge in [-0.15, -0.1) is 10.2 Å². The van der Waals surface area contributed by atoms with Crippen LogP contribution in [0.2, 0.25) is 0 Å². The molecule has 36 heavy (non-hydrogen) atoms. The van der Waals surface area contributed by atoms with Gasteiger partial charge < -0.3 is 19.9 Å². The van der Waals surface area contributed by atoms with Gasteiger partial charge in [-0.05, 0) is 69.7 Å². The molecule has 1 unspecified atom stereocenters. The Hall–Kier alpha value is -2.98. The number of ether oxygens (including phenoxy) is 2. The summed E-state index contributed by atoms with van der Waals surface area (Å²) in [5.74, 6) is 0.795. The lowest BCUT2D eigenvalue weighted by atomic mass is 9.71. The predicted octanol–water partition coefficient (Wildman–Crippen LogP) is 5.58. The standard InChI is InChI=1S/C26H29F3N4O3/c1-25(2,34)16-11-17(12-16)31-24-20-14-30-9-8-18(20)23(32-33-24)19-7-6-15(26(27,28)29)13-21(19)36-22-5-3-4-10-35-22/h6-9,13-14,16-17,22,34H,3-5,10-12H2,1-2H3,(H,31,33). The second-order valence-corrected chi connectivity index (χ2v) is 10.1. The van der Waals surface area contributed by atoms with E-state index in [1.807, 2.05) is 13.8 Å². The van der Waals surface area contributed by atoms with Crippen molar-refractivity contribution in [1.82, 2.24) is 15.2 Å². The van der Waals surface area contributed by atoms with Crippen molar-refractivity contribution in [3.63, 3.8) is 0 Å². The van der Waals surface area contributed by atoms with Crippen LogP contribution in [0.5, 0.6) is 5.75 Å². The van der Waals surface area contributed by atoms with Crippen molar-refractivity contribution in [2.45, 2.75) is 70.1 Å². The number of pyridine rings is 1. The topological polar surface area (TPSA) is 89.4 Å². The van der Waals surface area contributed by atoms with E-state index in [9.17, 15) is 18.3 Å². The summed E-state index contributed by atoms with van der Waals surface area (Å²) in [6.07, 6.45) is 2.11. The smallest absolute Gasteiger partial charge is 0.416 e. The van der Waals surface area contributed by atoms with E-state index in [0.29, 0.717) is 40.9 Å². The maximum atomic E-state index is 13.5. The number of benzene rings is 1. The molecular formula is C26H29F3N4O3. The van der Waals surface area contributed by atoms with Gasteiger partial charge in [0.2, 0.25) is 0 Å². The molecule has 1 aromatic carbocycles. The molecule has 3 aromatic rings. The summed E-state index contributed by atoms with van der Waals surface area (Å²) >= 11 is 0. The third kappa shape index (κ3) is 5.10. The third-order valence-corrected chi connectivity index (χ3v) is 7.02. The summed E-state index contributed by atoms with van der Waals surface area (Å²) in [5.41, 5.74) is -0.738. The zero-order valence-corrected chi connectivity index (χ0v) is 20.2. The van der Waals surface area contributed by atoms with Crippen LogP contribution in [0.15, 0.2) is 36.7 Å². The molecule has 0 amide bonds. The van der Waals surface area contributed by atoms with Crippen LogP contribution in [0.1, 0.15) is 51.5 Å². The van der Waals surface area contributed by atoms with Crippen LogP contribution >= 0.6 is 0 Å². The fraction of sp³-hybridized carbons (Fsp3) is 0.500. The molecule has 5 rings (SSSR count). The van der Waals surface area contributed by atoms with Gasteiger partial charge in [-0.2, -0.15) is 13.2 Å². The molecule has 0 spiro atoms. The molecule has 3 heterocycles. The van der Waals surface area contributed by atoms with Gasteiger partial charge in [0.15, 0.2) is 12.1 Å². The Morgan fingerprint density at radius 1 is 1.08 bits per heavy atom. The highest BCUT2D eigenvalue weighted by molar-refractivity contribution is 6.00. The van der Waals surface area contributed by atoms with E-state index in [1.54, 1.807) is 18.5 Å². The molecule has 2 aliphatic rings. The van der Waals surface area contributed by atoms with Crippen molar-refractivity contribution >= 4 is 16.6 Å². The molecule has 10 heteroatoms. The third-order valence-electron chi connectivity index (χ3n) is 7.02. The minimum atomic E-state index is -4.51. The summed E-state index contributed by atoms with van der Waals surface area (Å²) in [6.45, 7) is 4.12. The SMILES string of the molecule is CC(C)(O)C1CC(Nc2nnc(-c3ccc(C(F)(F)F)cc3OC3CCCCO3)c3ccncc23)C1. The first kappa shape index (κ1) is 24.7. The zero-order valence-electron chi connectivity index (χ0n) is 20.2. The lowest BCUT2D eigenvalue weighted by Gasteiger charge is -2.43. The molecule has 1 saturated carbocycles. The summed E-state index contributed by atoms with van der Waals surface area (Å²) in [5, 5.41) is 23.8. The van der Waals surface area contributed by atoms with Crippen molar-refractivity contribution in [2.24, 2.45) is 5.92 Å². The van der Waals surface area contributed by atoms with E-state index in [1.165, 1.54) is 6.07 Å². The Morgan fingerprint density at radius 3 is 2.58 bits per heavy atom. The van der Waals surface area contributed by atoms with Gasteiger partial charge in [-0.1, -0.05) is 0 Å². The molecule has 0 bridgehead atoms. The number of hydrogen-bond acceptors (Lipinski definition) is 7. The molecule has 0 radical (unpaired) electrons. The quantitative estimate of drug-likeness (QED) is 0.455.